The summed E-state index contributed by atoms with van der Waals surface area (Å²) in [6.45, 7) is 1.33. The second kappa shape index (κ2) is 3.17. The zero-order valence-electron chi connectivity index (χ0n) is 4.82. The predicted octanol–water partition coefficient (Wildman–Crippen LogP) is 1.63. The van der Waals surface area contributed by atoms with Crippen LogP contribution in [0.5, 0.6) is 0 Å². The Kier molecular flexibility index (Phi) is 2.84. The van der Waals surface area contributed by atoms with Gasteiger partial charge in [0.15, 0.2) is 0 Å². The molecule has 52 valence electrons. The largest absolute Gasteiger partial charge is 0.476 e. The van der Waals surface area contributed by atoms with Gasteiger partial charge in [0.05, 0.1) is 0 Å². The fraction of sp³-hybridized carbons (Fsp3) is 0.400. The van der Waals surface area contributed by atoms with E-state index in [0.29, 0.717) is 0 Å². The molecule has 0 fully saturated rings. The number of allylic oxidation sites excluding steroid dienone is 1. The van der Waals surface area contributed by atoms with E-state index in [-0.39, 0.29) is 6.42 Å². The Morgan fingerprint density at radius 2 is 2.00 bits per heavy atom. The molecule has 4 heteroatoms. The van der Waals surface area contributed by atoms with E-state index in [1.54, 1.807) is 0 Å². The molecule has 0 saturated carbocycles. The maximum atomic E-state index is 11.9. The number of aliphatic carboxylic acids is 1. The maximum Gasteiger partial charge on any atom is 0.367 e. The summed E-state index contributed by atoms with van der Waals surface area (Å²) in [4.78, 5) is 9.63. The van der Waals surface area contributed by atoms with Gasteiger partial charge >= 0.3 is 5.97 Å². The minimum atomic E-state index is -1.85. The lowest BCUT2D eigenvalue weighted by Crippen LogP contribution is -1.96. The summed E-state index contributed by atoms with van der Waals surface area (Å²) in [5, 5.41) is 7.81. The van der Waals surface area contributed by atoms with Crippen LogP contribution in [-0.4, -0.2) is 11.1 Å². The molecule has 0 bridgehead atoms. The summed E-state index contributed by atoms with van der Waals surface area (Å²) in [5.41, 5.74) is 0. The quantitative estimate of drug-likeness (QED) is 0.586. The van der Waals surface area contributed by atoms with Crippen LogP contribution in [0.1, 0.15) is 13.3 Å². The predicted molar refractivity (Wildman–Crippen MR) is 27.2 cm³/mol. The van der Waals surface area contributed by atoms with Crippen molar-refractivity contribution in [1.82, 2.24) is 0 Å². The molecule has 2 nitrogen and oxygen atoms in total. The SMILES string of the molecule is CC/C(F)=C(/F)C(=O)O. The lowest BCUT2D eigenvalue weighted by molar-refractivity contribution is -0.134. The number of hydrogen-bond donors (Lipinski definition) is 1. The van der Waals surface area contributed by atoms with Crippen LogP contribution in [0.2, 0.25) is 0 Å². The van der Waals surface area contributed by atoms with Gasteiger partial charge in [0.1, 0.15) is 5.83 Å². The Labute approximate surface area is 50.8 Å². The van der Waals surface area contributed by atoms with Crippen LogP contribution < -0.4 is 0 Å². The van der Waals surface area contributed by atoms with Crippen molar-refractivity contribution in [2.45, 2.75) is 13.3 Å². The molecule has 0 rings (SSSR count). The van der Waals surface area contributed by atoms with Crippen molar-refractivity contribution in [3.63, 3.8) is 0 Å². The monoisotopic (exact) mass is 136 g/mol. The number of rotatable bonds is 2. The summed E-state index contributed by atoms with van der Waals surface area (Å²) in [7, 11) is 0. The van der Waals surface area contributed by atoms with E-state index in [4.69, 9.17) is 5.11 Å². The van der Waals surface area contributed by atoms with E-state index in [1.165, 1.54) is 6.92 Å². The molecule has 0 aromatic heterocycles. The summed E-state index contributed by atoms with van der Waals surface area (Å²) >= 11 is 0. The maximum absolute atomic E-state index is 11.9. The van der Waals surface area contributed by atoms with Crippen LogP contribution in [0.4, 0.5) is 8.78 Å². The molecule has 0 saturated heterocycles. The van der Waals surface area contributed by atoms with E-state index in [1.807, 2.05) is 0 Å². The zero-order chi connectivity index (χ0) is 7.44. The minimum absolute atomic E-state index is 0.224. The Bertz CT molecular complexity index is 151. The molecule has 0 aliphatic carbocycles. The third kappa shape index (κ3) is 2.21. The van der Waals surface area contributed by atoms with Crippen molar-refractivity contribution in [2.75, 3.05) is 0 Å². The molecule has 0 radical (unpaired) electrons. The van der Waals surface area contributed by atoms with Crippen LogP contribution in [0.25, 0.3) is 0 Å². The summed E-state index contributed by atoms with van der Waals surface area (Å²) < 4.78 is 23.7. The van der Waals surface area contributed by atoms with E-state index in [2.05, 4.69) is 0 Å². The molecule has 0 spiro atoms. The van der Waals surface area contributed by atoms with Crippen LogP contribution in [0.3, 0.4) is 0 Å². The van der Waals surface area contributed by atoms with Crippen LogP contribution in [0.15, 0.2) is 11.7 Å². The second-order valence-corrected chi connectivity index (χ2v) is 1.38. The van der Waals surface area contributed by atoms with E-state index < -0.39 is 17.6 Å². The molecule has 0 unspecified atom stereocenters. The van der Waals surface area contributed by atoms with Gasteiger partial charge in [-0.25, -0.2) is 9.18 Å². The van der Waals surface area contributed by atoms with Crippen LogP contribution in [0, 0.1) is 0 Å². The highest BCUT2D eigenvalue weighted by molar-refractivity contribution is 5.84. The Hall–Kier alpha value is -0.930. The Morgan fingerprint density at radius 3 is 2.11 bits per heavy atom. The highest BCUT2D eigenvalue weighted by Gasteiger charge is 2.11. The third-order valence-electron chi connectivity index (χ3n) is 0.736. The first-order valence-corrected chi connectivity index (χ1v) is 2.37. The molecular formula is C5H6F2O2. The van der Waals surface area contributed by atoms with E-state index in [9.17, 15) is 13.6 Å². The van der Waals surface area contributed by atoms with Crippen molar-refractivity contribution < 1.29 is 18.7 Å². The van der Waals surface area contributed by atoms with E-state index >= 15 is 0 Å². The van der Waals surface area contributed by atoms with E-state index in [0.717, 1.165) is 0 Å². The zero-order valence-corrected chi connectivity index (χ0v) is 4.82. The van der Waals surface area contributed by atoms with Gasteiger partial charge in [0, 0.05) is 0 Å². The van der Waals surface area contributed by atoms with Crippen LogP contribution >= 0.6 is 0 Å². The topological polar surface area (TPSA) is 37.3 Å². The average Bonchev–Trinajstić information content (AvgIpc) is 1.84. The molecular weight excluding hydrogens is 130 g/mol. The normalized spacial score (nSPS) is 12.8. The molecule has 0 atom stereocenters. The highest BCUT2D eigenvalue weighted by Crippen LogP contribution is 2.10. The molecule has 0 aliphatic heterocycles. The summed E-state index contributed by atoms with van der Waals surface area (Å²) in [6.07, 6.45) is -0.224. The number of carboxylic acid groups (broad SMARTS) is 1. The number of carboxylic acids is 1. The standard InChI is InChI=1S/C5H6F2O2/c1-2-3(6)4(7)5(8)9/h2H2,1H3,(H,8,9)/b4-3-. The van der Waals surface area contributed by atoms with Crippen molar-refractivity contribution in [3.05, 3.63) is 11.7 Å². The van der Waals surface area contributed by atoms with Gasteiger partial charge in [-0.05, 0) is 6.42 Å². The first-order chi connectivity index (χ1) is 4.09. The second-order valence-electron chi connectivity index (χ2n) is 1.38. The smallest absolute Gasteiger partial charge is 0.367 e. The van der Waals surface area contributed by atoms with Crippen molar-refractivity contribution in [3.8, 4) is 0 Å². The molecule has 0 heterocycles. The number of carbonyl (C=O) groups is 1. The third-order valence-corrected chi connectivity index (χ3v) is 0.736. The average molecular weight is 136 g/mol. The van der Waals surface area contributed by atoms with Gasteiger partial charge in [-0.15, -0.1) is 0 Å². The Morgan fingerprint density at radius 1 is 1.56 bits per heavy atom. The van der Waals surface area contributed by atoms with Gasteiger partial charge in [0.25, 0.3) is 0 Å². The highest BCUT2D eigenvalue weighted by atomic mass is 19.2. The molecule has 9 heavy (non-hydrogen) atoms. The fourth-order valence-corrected chi connectivity index (χ4v) is 0.271. The van der Waals surface area contributed by atoms with Gasteiger partial charge in [0.2, 0.25) is 5.83 Å². The van der Waals surface area contributed by atoms with Crippen molar-refractivity contribution in [2.24, 2.45) is 0 Å². The van der Waals surface area contributed by atoms with Gasteiger partial charge in [-0.2, -0.15) is 4.39 Å². The van der Waals surface area contributed by atoms with Gasteiger partial charge in [-0.1, -0.05) is 6.92 Å². The molecule has 0 aromatic rings. The molecule has 1 N–H and O–H groups in total. The molecule has 0 amide bonds. The molecule has 0 aliphatic rings. The lowest BCUT2D eigenvalue weighted by atomic mass is 10.4. The minimum Gasteiger partial charge on any atom is -0.476 e. The lowest BCUT2D eigenvalue weighted by Gasteiger charge is -1.89. The fourth-order valence-electron chi connectivity index (χ4n) is 0.271. The summed E-state index contributed by atoms with van der Waals surface area (Å²) in [6, 6.07) is 0. The van der Waals surface area contributed by atoms with Crippen LogP contribution in [-0.2, 0) is 4.79 Å². The van der Waals surface area contributed by atoms with Gasteiger partial charge < -0.3 is 5.11 Å². The number of hydrogen-bond acceptors (Lipinski definition) is 1. The van der Waals surface area contributed by atoms with Crippen molar-refractivity contribution in [1.29, 1.82) is 0 Å². The Balaban J connectivity index is 4.28. The van der Waals surface area contributed by atoms with Crippen molar-refractivity contribution >= 4 is 5.97 Å². The molecule has 0 aromatic carbocycles. The first kappa shape index (κ1) is 8.07. The summed E-state index contributed by atoms with van der Waals surface area (Å²) in [5.74, 6) is -4.77. The van der Waals surface area contributed by atoms with Gasteiger partial charge in [-0.3, -0.25) is 0 Å². The number of halogens is 2. The first-order valence-electron chi connectivity index (χ1n) is 2.37.